The average molecular weight is 372 g/mol. The van der Waals surface area contributed by atoms with Crippen LogP contribution >= 0.6 is 11.6 Å². The molecule has 0 saturated carbocycles. The van der Waals surface area contributed by atoms with Crippen LogP contribution in [0.25, 0.3) is 11.0 Å². The van der Waals surface area contributed by atoms with Crippen LogP contribution in [0.3, 0.4) is 0 Å². The summed E-state index contributed by atoms with van der Waals surface area (Å²) in [5.41, 5.74) is 2.11. The third-order valence-corrected chi connectivity index (χ3v) is 4.60. The Labute approximate surface area is 157 Å². The van der Waals surface area contributed by atoms with Crippen molar-refractivity contribution in [3.8, 4) is 0 Å². The first-order valence-electron chi connectivity index (χ1n) is 8.73. The molecular weight excluding hydrogens is 350 g/mol. The van der Waals surface area contributed by atoms with Crippen LogP contribution in [0, 0.1) is 0 Å². The number of rotatable bonds is 7. The summed E-state index contributed by atoms with van der Waals surface area (Å²) >= 11 is 5.96. The van der Waals surface area contributed by atoms with E-state index in [1.165, 1.54) is 6.20 Å². The van der Waals surface area contributed by atoms with E-state index in [2.05, 4.69) is 34.0 Å². The van der Waals surface area contributed by atoms with E-state index in [4.69, 9.17) is 11.6 Å². The monoisotopic (exact) mass is 371 g/mol. The Kier molecular flexibility index (Phi) is 5.85. The fraction of sp³-hybridized carbons (Fsp3) is 0.316. The van der Waals surface area contributed by atoms with Crippen LogP contribution in [-0.2, 0) is 6.54 Å². The Balaban J connectivity index is 1.89. The Morgan fingerprint density at radius 2 is 2.00 bits per heavy atom. The normalized spacial score (nSPS) is 11.2. The zero-order valence-electron chi connectivity index (χ0n) is 14.9. The molecule has 0 unspecified atom stereocenters. The summed E-state index contributed by atoms with van der Waals surface area (Å²) in [5, 5.41) is 3.35. The molecule has 0 aliphatic carbocycles. The number of para-hydroxylation sites is 2. The first-order valence-corrected chi connectivity index (χ1v) is 9.10. The molecule has 0 radical (unpaired) electrons. The van der Waals surface area contributed by atoms with Gasteiger partial charge in [0.25, 0.3) is 5.91 Å². The number of carbonyl (C=O) groups is 1. The molecule has 7 heteroatoms. The zero-order chi connectivity index (χ0) is 18.5. The number of aromatic nitrogens is 3. The highest BCUT2D eigenvalue weighted by Crippen LogP contribution is 2.20. The van der Waals surface area contributed by atoms with Crippen molar-refractivity contribution in [1.82, 2.24) is 19.4 Å². The van der Waals surface area contributed by atoms with Crippen molar-refractivity contribution in [3.63, 3.8) is 0 Å². The molecule has 0 atom stereocenters. The van der Waals surface area contributed by atoms with E-state index in [1.54, 1.807) is 12.1 Å². The predicted molar refractivity (Wildman–Crippen MR) is 105 cm³/mol. The van der Waals surface area contributed by atoms with Gasteiger partial charge in [0.1, 0.15) is 5.69 Å². The van der Waals surface area contributed by atoms with Gasteiger partial charge in [-0.3, -0.25) is 15.1 Å². The second-order valence-corrected chi connectivity index (χ2v) is 6.35. The van der Waals surface area contributed by atoms with Crippen LogP contribution in [0.4, 0.5) is 5.95 Å². The number of carbonyl (C=O) groups excluding carboxylic acids is 1. The highest BCUT2D eigenvalue weighted by Gasteiger charge is 2.15. The number of halogens is 1. The van der Waals surface area contributed by atoms with E-state index in [1.807, 2.05) is 28.8 Å². The minimum absolute atomic E-state index is 0.264. The van der Waals surface area contributed by atoms with Gasteiger partial charge in [-0.15, -0.1) is 0 Å². The second kappa shape index (κ2) is 8.29. The van der Waals surface area contributed by atoms with E-state index in [0.29, 0.717) is 11.0 Å². The largest absolute Gasteiger partial charge is 0.309 e. The minimum Gasteiger partial charge on any atom is -0.309 e. The van der Waals surface area contributed by atoms with Crippen LogP contribution < -0.4 is 5.32 Å². The van der Waals surface area contributed by atoms with Gasteiger partial charge in [0.05, 0.1) is 11.0 Å². The van der Waals surface area contributed by atoms with Crippen molar-refractivity contribution < 1.29 is 4.79 Å². The van der Waals surface area contributed by atoms with Crippen LogP contribution in [0.15, 0.2) is 42.6 Å². The van der Waals surface area contributed by atoms with Crippen molar-refractivity contribution in [1.29, 1.82) is 0 Å². The van der Waals surface area contributed by atoms with E-state index < -0.39 is 0 Å². The van der Waals surface area contributed by atoms with Gasteiger partial charge in [-0.05, 0) is 37.4 Å². The van der Waals surface area contributed by atoms with Crippen molar-refractivity contribution in [2.45, 2.75) is 20.4 Å². The number of nitrogens with zero attached hydrogens (tertiary/aromatic N) is 4. The molecule has 1 aromatic carbocycles. The molecule has 0 aliphatic heterocycles. The molecule has 3 rings (SSSR count). The molecule has 2 aromatic heterocycles. The molecule has 3 aromatic rings. The fourth-order valence-electron chi connectivity index (χ4n) is 2.87. The summed E-state index contributed by atoms with van der Waals surface area (Å²) < 4.78 is 2.04. The van der Waals surface area contributed by atoms with Gasteiger partial charge in [-0.1, -0.05) is 37.6 Å². The topological polar surface area (TPSA) is 63.0 Å². The van der Waals surface area contributed by atoms with Gasteiger partial charge in [-0.2, -0.15) is 0 Å². The van der Waals surface area contributed by atoms with E-state index >= 15 is 0 Å². The van der Waals surface area contributed by atoms with Crippen molar-refractivity contribution >= 4 is 34.5 Å². The Hall–Kier alpha value is -2.44. The third kappa shape index (κ3) is 4.03. The number of amides is 1. The Bertz CT molecular complexity index is 904. The maximum Gasteiger partial charge on any atom is 0.276 e. The lowest BCUT2D eigenvalue weighted by Gasteiger charge is -2.19. The molecule has 1 amide bonds. The standard InChI is InChI=1S/C19H22ClN5O/c1-3-24(4-2)11-12-25-17-8-6-5-7-15(17)22-19(25)23-18(26)16-13-14(20)9-10-21-16/h5-10,13H,3-4,11-12H2,1-2H3,(H,22,23,26). The van der Waals surface area contributed by atoms with Gasteiger partial charge in [-0.25, -0.2) is 4.98 Å². The summed E-state index contributed by atoms with van der Waals surface area (Å²) in [7, 11) is 0. The summed E-state index contributed by atoms with van der Waals surface area (Å²) in [5.74, 6) is 0.192. The average Bonchev–Trinajstić information content (AvgIpc) is 3.00. The number of likely N-dealkylation sites (N-methyl/N-ethyl adjacent to an activating group) is 1. The van der Waals surface area contributed by atoms with Gasteiger partial charge in [0.2, 0.25) is 5.95 Å². The number of pyridine rings is 1. The van der Waals surface area contributed by atoms with Crippen LogP contribution in [0.2, 0.25) is 5.02 Å². The Morgan fingerprint density at radius 1 is 1.23 bits per heavy atom. The molecule has 2 heterocycles. The maximum absolute atomic E-state index is 12.5. The zero-order valence-corrected chi connectivity index (χ0v) is 15.7. The molecule has 0 spiro atoms. The number of hydrogen-bond donors (Lipinski definition) is 1. The van der Waals surface area contributed by atoms with Gasteiger partial charge in [0, 0.05) is 24.3 Å². The van der Waals surface area contributed by atoms with Crippen LogP contribution in [0.1, 0.15) is 24.3 Å². The quantitative estimate of drug-likeness (QED) is 0.688. The van der Waals surface area contributed by atoms with Crippen molar-refractivity contribution in [3.05, 3.63) is 53.3 Å². The number of anilines is 1. The number of nitrogens with one attached hydrogen (secondary N) is 1. The number of fused-ring (bicyclic) bond motifs is 1. The lowest BCUT2D eigenvalue weighted by Crippen LogP contribution is -2.27. The predicted octanol–water partition coefficient (Wildman–Crippen LogP) is 3.68. The molecule has 0 bridgehead atoms. The highest BCUT2D eigenvalue weighted by molar-refractivity contribution is 6.30. The first kappa shape index (κ1) is 18.4. The van der Waals surface area contributed by atoms with Gasteiger partial charge < -0.3 is 9.47 Å². The molecule has 1 N–H and O–H groups in total. The van der Waals surface area contributed by atoms with Crippen LogP contribution in [-0.4, -0.2) is 45.0 Å². The van der Waals surface area contributed by atoms with Crippen molar-refractivity contribution in [2.24, 2.45) is 0 Å². The van der Waals surface area contributed by atoms with Crippen molar-refractivity contribution in [2.75, 3.05) is 25.0 Å². The summed E-state index contributed by atoms with van der Waals surface area (Å²) in [6.45, 7) is 7.87. The minimum atomic E-state index is -0.327. The van der Waals surface area contributed by atoms with E-state index in [0.717, 1.165) is 37.2 Å². The smallest absolute Gasteiger partial charge is 0.276 e. The van der Waals surface area contributed by atoms with Gasteiger partial charge >= 0.3 is 0 Å². The molecular formula is C19H22ClN5O. The highest BCUT2D eigenvalue weighted by atomic mass is 35.5. The third-order valence-electron chi connectivity index (χ3n) is 4.37. The maximum atomic E-state index is 12.5. The second-order valence-electron chi connectivity index (χ2n) is 5.92. The molecule has 0 fully saturated rings. The fourth-order valence-corrected chi connectivity index (χ4v) is 3.03. The lowest BCUT2D eigenvalue weighted by atomic mass is 10.3. The molecule has 26 heavy (non-hydrogen) atoms. The summed E-state index contributed by atoms with van der Waals surface area (Å²) in [6, 6.07) is 11.0. The molecule has 0 aliphatic rings. The molecule has 136 valence electrons. The summed E-state index contributed by atoms with van der Waals surface area (Å²) in [6.07, 6.45) is 1.51. The lowest BCUT2D eigenvalue weighted by molar-refractivity contribution is 0.102. The molecule has 6 nitrogen and oxygen atoms in total. The van der Waals surface area contributed by atoms with E-state index in [9.17, 15) is 4.79 Å². The van der Waals surface area contributed by atoms with Crippen LogP contribution in [0.5, 0.6) is 0 Å². The number of imidazole rings is 1. The van der Waals surface area contributed by atoms with Gasteiger partial charge in [0.15, 0.2) is 0 Å². The SMILES string of the molecule is CCN(CC)CCn1c(NC(=O)c2cc(Cl)ccn2)nc2ccccc21. The first-order chi connectivity index (χ1) is 12.6. The number of benzene rings is 1. The number of hydrogen-bond acceptors (Lipinski definition) is 4. The van der Waals surface area contributed by atoms with E-state index in [-0.39, 0.29) is 11.6 Å². The molecule has 0 saturated heterocycles. The Morgan fingerprint density at radius 3 is 2.73 bits per heavy atom. The summed E-state index contributed by atoms with van der Waals surface area (Å²) in [4.78, 5) is 23.5.